The van der Waals surface area contributed by atoms with Gasteiger partial charge in [0.15, 0.2) is 0 Å². The normalized spacial score (nSPS) is 30.8. The van der Waals surface area contributed by atoms with Gasteiger partial charge in [-0.05, 0) is 30.4 Å². The molecule has 1 aromatic rings. The second-order valence-electron chi connectivity index (χ2n) is 5.89. The highest BCUT2D eigenvalue weighted by Gasteiger charge is 2.44. The summed E-state index contributed by atoms with van der Waals surface area (Å²) in [5, 5.41) is 11.2. The van der Waals surface area contributed by atoms with E-state index < -0.39 is 11.4 Å². The van der Waals surface area contributed by atoms with Gasteiger partial charge in [-0.25, -0.2) is 0 Å². The maximum absolute atomic E-state index is 11.2. The Labute approximate surface area is 119 Å². The Morgan fingerprint density at radius 2 is 1.75 bits per heavy atom. The number of benzene rings is 1. The average molecular weight is 272 g/mol. The molecular formula is C17H20O3. The van der Waals surface area contributed by atoms with Gasteiger partial charge < -0.3 is 14.6 Å². The van der Waals surface area contributed by atoms with Crippen LogP contribution in [0.25, 0.3) is 0 Å². The maximum Gasteiger partial charge on any atom is 0.274 e. The van der Waals surface area contributed by atoms with Crippen molar-refractivity contribution in [1.82, 2.24) is 0 Å². The third-order valence-electron chi connectivity index (χ3n) is 4.31. The maximum atomic E-state index is 11.2. The molecule has 0 saturated carbocycles. The van der Waals surface area contributed by atoms with Crippen LogP contribution in [0, 0.1) is 5.92 Å². The van der Waals surface area contributed by atoms with Crippen LogP contribution in [0.2, 0.25) is 0 Å². The van der Waals surface area contributed by atoms with Gasteiger partial charge in [-0.3, -0.25) is 0 Å². The van der Waals surface area contributed by atoms with Crippen LogP contribution in [0.5, 0.6) is 0 Å². The molecular weight excluding hydrogens is 252 g/mol. The summed E-state index contributed by atoms with van der Waals surface area (Å²) >= 11 is 0. The third-order valence-corrected chi connectivity index (χ3v) is 4.31. The molecule has 2 atom stereocenters. The number of rotatable bonds is 2. The van der Waals surface area contributed by atoms with Crippen molar-refractivity contribution in [3.8, 4) is 0 Å². The minimum Gasteiger partial charge on any atom is -0.453 e. The van der Waals surface area contributed by atoms with Crippen molar-refractivity contribution in [2.24, 2.45) is 5.92 Å². The first-order chi connectivity index (χ1) is 9.46. The standard InChI is InChI=1S/C17H20O3/c1-12-10-13(2)17(18,11-12)15-7-5-4-6-14(15)16(3)19-8-9-20-16/h4-10,12,18H,11H2,1-3H3. The number of allylic oxidation sites excluding steroid dienone is 1. The number of hydrogen-bond donors (Lipinski definition) is 1. The van der Waals surface area contributed by atoms with Gasteiger partial charge in [0.1, 0.15) is 18.1 Å². The van der Waals surface area contributed by atoms with Crippen molar-refractivity contribution in [3.63, 3.8) is 0 Å². The molecule has 106 valence electrons. The molecule has 2 unspecified atom stereocenters. The topological polar surface area (TPSA) is 38.7 Å². The predicted molar refractivity (Wildman–Crippen MR) is 76.5 cm³/mol. The SMILES string of the molecule is CC1=CC(C)CC1(O)c1ccccc1C1(C)OC=CO1. The van der Waals surface area contributed by atoms with E-state index in [1.807, 2.05) is 38.1 Å². The highest BCUT2D eigenvalue weighted by Crippen LogP contribution is 2.46. The van der Waals surface area contributed by atoms with Crippen molar-refractivity contribution < 1.29 is 14.6 Å². The van der Waals surface area contributed by atoms with E-state index in [9.17, 15) is 5.11 Å². The second kappa shape index (κ2) is 4.38. The molecule has 20 heavy (non-hydrogen) atoms. The van der Waals surface area contributed by atoms with Crippen LogP contribution in [-0.4, -0.2) is 5.11 Å². The van der Waals surface area contributed by atoms with Crippen LogP contribution in [0.15, 0.2) is 48.4 Å². The molecule has 1 aliphatic carbocycles. The zero-order chi connectivity index (χ0) is 14.4. The van der Waals surface area contributed by atoms with Gasteiger partial charge in [0, 0.05) is 12.5 Å². The van der Waals surface area contributed by atoms with Gasteiger partial charge in [0.05, 0.1) is 0 Å². The van der Waals surface area contributed by atoms with Gasteiger partial charge >= 0.3 is 0 Å². The summed E-state index contributed by atoms with van der Waals surface area (Å²) in [6, 6.07) is 7.80. The van der Waals surface area contributed by atoms with E-state index in [1.165, 1.54) is 0 Å². The summed E-state index contributed by atoms with van der Waals surface area (Å²) in [5.41, 5.74) is 1.79. The Morgan fingerprint density at radius 1 is 1.15 bits per heavy atom. The largest absolute Gasteiger partial charge is 0.453 e. The Hall–Kier alpha value is -1.74. The van der Waals surface area contributed by atoms with E-state index in [-0.39, 0.29) is 0 Å². The highest BCUT2D eigenvalue weighted by atomic mass is 16.7. The van der Waals surface area contributed by atoms with E-state index in [4.69, 9.17) is 9.47 Å². The number of ether oxygens (including phenoxy) is 2. The summed E-state index contributed by atoms with van der Waals surface area (Å²) in [5.74, 6) is -0.497. The lowest BCUT2D eigenvalue weighted by Crippen LogP contribution is -2.32. The Kier molecular flexibility index (Phi) is 2.91. The molecule has 3 rings (SSSR count). The number of aliphatic hydroxyl groups is 1. The average Bonchev–Trinajstić information content (AvgIpc) is 2.96. The fourth-order valence-corrected chi connectivity index (χ4v) is 3.28. The van der Waals surface area contributed by atoms with E-state index in [0.717, 1.165) is 16.7 Å². The predicted octanol–water partition coefficient (Wildman–Crippen LogP) is 3.55. The first-order valence-corrected chi connectivity index (χ1v) is 6.98. The second-order valence-corrected chi connectivity index (χ2v) is 5.89. The molecule has 3 heteroatoms. The zero-order valence-electron chi connectivity index (χ0n) is 12.1. The van der Waals surface area contributed by atoms with Crippen molar-refractivity contribution in [3.05, 3.63) is 59.6 Å². The smallest absolute Gasteiger partial charge is 0.274 e. The first-order valence-electron chi connectivity index (χ1n) is 6.98. The van der Waals surface area contributed by atoms with Crippen LogP contribution in [0.1, 0.15) is 38.3 Å². The summed E-state index contributed by atoms with van der Waals surface area (Å²) in [7, 11) is 0. The molecule has 0 saturated heterocycles. The quantitative estimate of drug-likeness (QED) is 0.837. The van der Waals surface area contributed by atoms with Crippen molar-refractivity contribution in [2.45, 2.75) is 38.6 Å². The molecule has 1 heterocycles. The van der Waals surface area contributed by atoms with Gasteiger partial charge in [0.2, 0.25) is 0 Å². The lowest BCUT2D eigenvalue weighted by molar-refractivity contribution is -0.135. The Morgan fingerprint density at radius 3 is 2.30 bits per heavy atom. The Balaban J connectivity index is 2.10. The van der Waals surface area contributed by atoms with Crippen molar-refractivity contribution >= 4 is 0 Å². The molecule has 1 aliphatic heterocycles. The fourth-order valence-electron chi connectivity index (χ4n) is 3.28. The summed E-state index contributed by atoms with van der Waals surface area (Å²) < 4.78 is 11.2. The molecule has 0 fully saturated rings. The molecule has 0 bridgehead atoms. The molecule has 3 nitrogen and oxygen atoms in total. The number of hydrogen-bond acceptors (Lipinski definition) is 3. The Bertz CT molecular complexity index is 580. The zero-order valence-corrected chi connectivity index (χ0v) is 12.1. The van der Waals surface area contributed by atoms with Gasteiger partial charge in [-0.1, -0.05) is 37.3 Å². The molecule has 0 spiro atoms. The fraction of sp³-hybridized carbons (Fsp3) is 0.412. The van der Waals surface area contributed by atoms with Crippen LogP contribution in [0.4, 0.5) is 0 Å². The molecule has 0 radical (unpaired) electrons. The van der Waals surface area contributed by atoms with E-state index in [2.05, 4.69) is 13.0 Å². The van der Waals surface area contributed by atoms with E-state index >= 15 is 0 Å². The molecule has 0 aromatic heterocycles. The van der Waals surface area contributed by atoms with Crippen LogP contribution in [-0.2, 0) is 20.9 Å². The first kappa shape index (κ1) is 13.3. The minimum atomic E-state index is -0.936. The van der Waals surface area contributed by atoms with Gasteiger partial charge in [0.25, 0.3) is 5.79 Å². The van der Waals surface area contributed by atoms with Crippen molar-refractivity contribution in [1.29, 1.82) is 0 Å². The summed E-state index contributed by atoms with van der Waals surface area (Å²) in [4.78, 5) is 0. The lowest BCUT2D eigenvalue weighted by Gasteiger charge is -2.33. The molecule has 0 amide bonds. The lowest BCUT2D eigenvalue weighted by atomic mass is 9.82. The van der Waals surface area contributed by atoms with Crippen LogP contribution in [0.3, 0.4) is 0 Å². The van der Waals surface area contributed by atoms with Crippen LogP contribution >= 0.6 is 0 Å². The summed E-state index contributed by atoms with van der Waals surface area (Å²) in [6.45, 7) is 5.97. The third kappa shape index (κ3) is 1.85. The minimum absolute atomic E-state index is 0.365. The van der Waals surface area contributed by atoms with E-state index in [0.29, 0.717) is 12.3 Å². The molecule has 1 aromatic carbocycles. The van der Waals surface area contributed by atoms with Gasteiger partial charge in [-0.2, -0.15) is 0 Å². The molecule has 1 N–H and O–H groups in total. The van der Waals surface area contributed by atoms with Crippen molar-refractivity contribution in [2.75, 3.05) is 0 Å². The van der Waals surface area contributed by atoms with Crippen LogP contribution < -0.4 is 0 Å². The molecule has 2 aliphatic rings. The van der Waals surface area contributed by atoms with E-state index in [1.54, 1.807) is 12.5 Å². The highest BCUT2D eigenvalue weighted by molar-refractivity contribution is 5.43. The summed E-state index contributed by atoms with van der Waals surface area (Å²) in [6.07, 6.45) is 5.91. The monoisotopic (exact) mass is 272 g/mol. The van der Waals surface area contributed by atoms with Gasteiger partial charge in [-0.15, -0.1) is 0 Å².